The summed E-state index contributed by atoms with van der Waals surface area (Å²) in [4.78, 5) is 10.6. The number of carbonyl (C=O) groups is 1. The van der Waals surface area contributed by atoms with Crippen LogP contribution in [-0.2, 0) is 16.6 Å². The molecule has 5 heteroatoms. The van der Waals surface area contributed by atoms with Gasteiger partial charge in [0, 0.05) is 14.0 Å². The predicted octanol–water partition coefficient (Wildman–Crippen LogP) is 1.52. The van der Waals surface area contributed by atoms with Crippen LogP contribution in [0.5, 0.6) is 5.75 Å². The minimum Gasteiger partial charge on any atom is -0.489 e. The predicted molar refractivity (Wildman–Crippen MR) is 62.8 cm³/mol. The van der Waals surface area contributed by atoms with Gasteiger partial charge < -0.3 is 9.47 Å². The van der Waals surface area contributed by atoms with E-state index >= 15 is 0 Å². The summed E-state index contributed by atoms with van der Waals surface area (Å²) >= 11 is 0. The van der Waals surface area contributed by atoms with E-state index in [1.165, 1.54) is 6.92 Å². The van der Waals surface area contributed by atoms with Crippen LogP contribution in [0.4, 0.5) is 0 Å². The summed E-state index contributed by atoms with van der Waals surface area (Å²) in [5.41, 5.74) is 1.01. The molecule has 17 heavy (non-hydrogen) atoms. The molecule has 0 spiro atoms. The molecule has 0 amide bonds. The van der Waals surface area contributed by atoms with E-state index in [0.717, 1.165) is 16.7 Å². The van der Waals surface area contributed by atoms with Crippen LogP contribution in [0.1, 0.15) is 6.92 Å². The van der Waals surface area contributed by atoms with E-state index in [-0.39, 0.29) is 12.6 Å². The highest BCUT2D eigenvalue weighted by atomic mass is 16.6. The molecule has 5 nitrogen and oxygen atoms in total. The molecule has 0 saturated carbocycles. The van der Waals surface area contributed by atoms with Crippen molar-refractivity contribution in [3.05, 3.63) is 24.4 Å². The van der Waals surface area contributed by atoms with Crippen molar-refractivity contribution >= 4 is 16.9 Å². The van der Waals surface area contributed by atoms with E-state index in [4.69, 9.17) is 9.47 Å². The van der Waals surface area contributed by atoms with Crippen molar-refractivity contribution in [1.29, 1.82) is 0 Å². The number of nitrogens with zero attached hydrogens (tertiary/aromatic N) is 2. The number of carbonyl (C=O) groups excluding carboxylic acids is 1. The number of ether oxygens (including phenoxy) is 2. The summed E-state index contributed by atoms with van der Waals surface area (Å²) in [6.07, 6.45) is 1.76. The molecule has 2 rings (SSSR count). The Bertz CT molecular complexity index is 534. The van der Waals surface area contributed by atoms with Crippen molar-refractivity contribution in [2.24, 2.45) is 7.05 Å². The maximum atomic E-state index is 10.6. The number of hydrogen-bond donors (Lipinski definition) is 0. The minimum atomic E-state index is -0.298. The zero-order valence-electron chi connectivity index (χ0n) is 9.84. The molecule has 0 radical (unpaired) electrons. The third kappa shape index (κ3) is 2.55. The van der Waals surface area contributed by atoms with Crippen molar-refractivity contribution in [1.82, 2.24) is 9.78 Å². The van der Waals surface area contributed by atoms with Crippen LogP contribution >= 0.6 is 0 Å². The topological polar surface area (TPSA) is 53.4 Å². The van der Waals surface area contributed by atoms with Crippen LogP contribution in [0.25, 0.3) is 10.9 Å². The molecule has 0 N–H and O–H groups in total. The van der Waals surface area contributed by atoms with E-state index in [0.29, 0.717) is 6.61 Å². The monoisotopic (exact) mass is 234 g/mol. The molecule has 0 unspecified atom stereocenters. The van der Waals surface area contributed by atoms with Gasteiger partial charge in [-0.3, -0.25) is 9.48 Å². The second-order valence-electron chi connectivity index (χ2n) is 3.65. The number of hydrogen-bond acceptors (Lipinski definition) is 4. The third-order valence-corrected chi connectivity index (χ3v) is 2.40. The lowest BCUT2D eigenvalue weighted by Gasteiger charge is -2.07. The van der Waals surface area contributed by atoms with E-state index in [1.807, 2.05) is 25.2 Å². The fraction of sp³-hybridized carbons (Fsp3) is 0.333. The summed E-state index contributed by atoms with van der Waals surface area (Å²) in [5.74, 6) is 0.455. The fourth-order valence-corrected chi connectivity index (χ4v) is 1.61. The van der Waals surface area contributed by atoms with Gasteiger partial charge in [0.15, 0.2) is 0 Å². The number of benzene rings is 1. The second kappa shape index (κ2) is 4.86. The highest BCUT2D eigenvalue weighted by Gasteiger charge is 2.05. The van der Waals surface area contributed by atoms with Crippen LogP contribution in [0, 0.1) is 0 Å². The standard InChI is InChI=1S/C12H14N2O3/c1-9(15)16-6-7-17-12-5-3-4-11-10(12)8-13-14(11)2/h3-5,8H,6-7H2,1-2H3. The van der Waals surface area contributed by atoms with Crippen LogP contribution in [0.3, 0.4) is 0 Å². The minimum absolute atomic E-state index is 0.256. The third-order valence-electron chi connectivity index (χ3n) is 2.40. The van der Waals surface area contributed by atoms with Gasteiger partial charge in [-0.15, -0.1) is 0 Å². The Labute approximate surface area is 98.9 Å². The average molecular weight is 234 g/mol. The number of aromatic nitrogens is 2. The molecule has 0 bridgehead atoms. The maximum absolute atomic E-state index is 10.6. The Morgan fingerprint density at radius 1 is 1.41 bits per heavy atom. The van der Waals surface area contributed by atoms with Crippen LogP contribution < -0.4 is 4.74 Å². The Balaban J connectivity index is 2.06. The molecule has 1 aromatic carbocycles. The normalized spacial score (nSPS) is 10.5. The first-order chi connectivity index (χ1) is 8.18. The van der Waals surface area contributed by atoms with Crippen molar-refractivity contribution < 1.29 is 14.3 Å². The molecule has 0 fully saturated rings. The van der Waals surface area contributed by atoms with E-state index < -0.39 is 0 Å². The van der Waals surface area contributed by atoms with Gasteiger partial charge in [-0.05, 0) is 12.1 Å². The molecule has 1 aromatic heterocycles. The molecule has 0 aliphatic rings. The zero-order valence-corrected chi connectivity index (χ0v) is 9.84. The molecular weight excluding hydrogens is 220 g/mol. The van der Waals surface area contributed by atoms with Crippen molar-refractivity contribution in [2.75, 3.05) is 13.2 Å². The highest BCUT2D eigenvalue weighted by molar-refractivity contribution is 5.85. The van der Waals surface area contributed by atoms with Gasteiger partial charge in [0.25, 0.3) is 0 Å². The summed E-state index contributed by atoms with van der Waals surface area (Å²) in [6.45, 7) is 1.97. The smallest absolute Gasteiger partial charge is 0.302 e. The average Bonchev–Trinajstić information content (AvgIpc) is 2.67. The van der Waals surface area contributed by atoms with Crippen LogP contribution in [0.2, 0.25) is 0 Å². The number of rotatable bonds is 4. The summed E-state index contributed by atoms with van der Waals surface area (Å²) in [5, 5.41) is 5.12. The van der Waals surface area contributed by atoms with Crippen LogP contribution in [-0.4, -0.2) is 29.0 Å². The van der Waals surface area contributed by atoms with Gasteiger partial charge in [0.05, 0.1) is 17.1 Å². The molecule has 90 valence electrons. The first-order valence-corrected chi connectivity index (χ1v) is 5.35. The summed E-state index contributed by atoms with van der Waals surface area (Å²) < 4.78 is 12.1. The summed E-state index contributed by atoms with van der Waals surface area (Å²) in [7, 11) is 1.88. The van der Waals surface area contributed by atoms with Gasteiger partial charge in [-0.1, -0.05) is 6.07 Å². The first kappa shape index (κ1) is 11.4. The van der Waals surface area contributed by atoms with Gasteiger partial charge >= 0.3 is 5.97 Å². The van der Waals surface area contributed by atoms with Crippen molar-refractivity contribution in [2.45, 2.75) is 6.92 Å². The lowest BCUT2D eigenvalue weighted by molar-refractivity contribution is -0.141. The van der Waals surface area contributed by atoms with Crippen molar-refractivity contribution in [3.63, 3.8) is 0 Å². The fourth-order valence-electron chi connectivity index (χ4n) is 1.61. The largest absolute Gasteiger partial charge is 0.489 e. The molecular formula is C12H14N2O3. The lowest BCUT2D eigenvalue weighted by Crippen LogP contribution is -2.09. The lowest BCUT2D eigenvalue weighted by atomic mass is 10.2. The van der Waals surface area contributed by atoms with Gasteiger partial charge in [-0.25, -0.2) is 0 Å². The number of fused-ring (bicyclic) bond motifs is 1. The Kier molecular flexibility index (Phi) is 3.27. The van der Waals surface area contributed by atoms with Gasteiger partial charge in [0.1, 0.15) is 19.0 Å². The zero-order chi connectivity index (χ0) is 12.3. The number of aryl methyl sites for hydroxylation is 1. The van der Waals surface area contributed by atoms with Crippen molar-refractivity contribution in [3.8, 4) is 5.75 Å². The molecule has 0 aliphatic carbocycles. The second-order valence-corrected chi connectivity index (χ2v) is 3.65. The molecule has 0 saturated heterocycles. The van der Waals surface area contributed by atoms with E-state index in [1.54, 1.807) is 10.9 Å². The molecule has 0 atom stereocenters. The van der Waals surface area contributed by atoms with Gasteiger partial charge in [-0.2, -0.15) is 5.10 Å². The van der Waals surface area contributed by atoms with E-state index in [2.05, 4.69) is 5.10 Å². The molecule has 1 heterocycles. The highest BCUT2D eigenvalue weighted by Crippen LogP contribution is 2.24. The van der Waals surface area contributed by atoms with E-state index in [9.17, 15) is 4.79 Å². The van der Waals surface area contributed by atoms with Gasteiger partial charge in [0.2, 0.25) is 0 Å². The molecule has 0 aliphatic heterocycles. The maximum Gasteiger partial charge on any atom is 0.302 e. The Morgan fingerprint density at radius 2 is 2.24 bits per heavy atom. The summed E-state index contributed by atoms with van der Waals surface area (Å²) in [6, 6.07) is 5.75. The number of esters is 1. The first-order valence-electron chi connectivity index (χ1n) is 5.35. The Morgan fingerprint density at radius 3 is 3.00 bits per heavy atom. The Hall–Kier alpha value is -2.04. The van der Waals surface area contributed by atoms with Crippen LogP contribution in [0.15, 0.2) is 24.4 Å². The molecule has 2 aromatic rings. The quantitative estimate of drug-likeness (QED) is 0.594. The SMILES string of the molecule is CC(=O)OCCOc1cccc2c1cnn2C.